The molecule has 0 aliphatic carbocycles. The molecule has 6 heteroatoms. The lowest BCUT2D eigenvalue weighted by molar-refractivity contribution is -0.110. The summed E-state index contributed by atoms with van der Waals surface area (Å²) in [4.78, 5) is 12.3. The van der Waals surface area contributed by atoms with Crippen LogP contribution in [-0.4, -0.2) is 20.1 Å². The van der Waals surface area contributed by atoms with Gasteiger partial charge in [-0.2, -0.15) is 0 Å². The van der Waals surface area contributed by atoms with E-state index in [0.717, 1.165) is 11.1 Å². The maximum Gasteiger partial charge on any atom is 0.256 e. The molecule has 4 nitrogen and oxygen atoms in total. The molecule has 0 aromatic heterocycles. The molecule has 0 radical (unpaired) electrons. The molecule has 1 N–H and O–H groups in total. The average molecular weight is 350 g/mol. The van der Waals surface area contributed by atoms with Crippen LogP contribution < -0.4 is 14.8 Å². The summed E-state index contributed by atoms with van der Waals surface area (Å²) in [5.74, 6) is 0.923. The monoisotopic (exact) mass is 349 g/mol. The molecule has 1 aliphatic rings. The minimum Gasteiger partial charge on any atom is -0.493 e. The van der Waals surface area contributed by atoms with Crippen LogP contribution in [0.4, 0.5) is 5.69 Å². The van der Waals surface area contributed by atoms with Gasteiger partial charge in [-0.3, -0.25) is 4.79 Å². The summed E-state index contributed by atoms with van der Waals surface area (Å²) in [7, 11) is 3.10. The molecule has 0 bridgehead atoms. The van der Waals surface area contributed by atoms with Gasteiger partial charge in [0.1, 0.15) is 0 Å². The number of amides is 1. The van der Waals surface area contributed by atoms with Gasteiger partial charge in [-0.25, -0.2) is 0 Å². The molecule has 1 heterocycles. The second kappa shape index (κ2) is 6.14. The van der Waals surface area contributed by atoms with Gasteiger partial charge < -0.3 is 14.8 Å². The second-order valence-corrected chi connectivity index (χ2v) is 5.75. The Morgan fingerprint density at radius 3 is 2.35 bits per heavy atom. The fourth-order valence-corrected chi connectivity index (χ4v) is 2.74. The van der Waals surface area contributed by atoms with Crippen molar-refractivity contribution in [2.24, 2.45) is 0 Å². The Morgan fingerprint density at radius 1 is 1.00 bits per heavy atom. The molecule has 2 aromatic rings. The standard InChI is InChI=1S/C17H13Cl2NO3/c1-22-15-7-10-11(5-9-3-4-12(18)13(19)6-9)17(21)20-14(10)8-16(15)23-2/h3-8H,1-2H3,(H,20,21). The van der Waals surface area contributed by atoms with E-state index in [1.807, 2.05) is 0 Å². The van der Waals surface area contributed by atoms with Gasteiger partial charge in [0.05, 0.1) is 30.0 Å². The first-order valence-electron chi connectivity index (χ1n) is 6.78. The Morgan fingerprint density at radius 2 is 1.70 bits per heavy atom. The number of hydrogen-bond donors (Lipinski definition) is 1. The van der Waals surface area contributed by atoms with Crippen molar-refractivity contribution in [3.63, 3.8) is 0 Å². The predicted molar refractivity (Wildman–Crippen MR) is 92.5 cm³/mol. The van der Waals surface area contributed by atoms with Crippen molar-refractivity contribution in [1.29, 1.82) is 0 Å². The van der Waals surface area contributed by atoms with Crippen molar-refractivity contribution in [3.8, 4) is 11.5 Å². The number of anilines is 1. The third-order valence-electron chi connectivity index (χ3n) is 3.56. The van der Waals surface area contributed by atoms with E-state index in [1.54, 1.807) is 50.6 Å². The number of carbonyl (C=O) groups is 1. The zero-order valence-corrected chi connectivity index (χ0v) is 14.0. The lowest BCUT2D eigenvalue weighted by atomic mass is 10.0. The van der Waals surface area contributed by atoms with Crippen molar-refractivity contribution in [1.82, 2.24) is 0 Å². The number of rotatable bonds is 3. The van der Waals surface area contributed by atoms with Crippen molar-refractivity contribution in [2.75, 3.05) is 19.5 Å². The predicted octanol–water partition coefficient (Wildman–Crippen LogP) is 4.50. The number of fused-ring (bicyclic) bond motifs is 1. The quantitative estimate of drug-likeness (QED) is 0.829. The average Bonchev–Trinajstić information content (AvgIpc) is 2.84. The summed E-state index contributed by atoms with van der Waals surface area (Å²) < 4.78 is 10.6. The molecule has 1 amide bonds. The Kier molecular flexibility index (Phi) is 4.20. The molecule has 0 spiro atoms. The van der Waals surface area contributed by atoms with Crippen LogP contribution in [0.25, 0.3) is 11.6 Å². The highest BCUT2D eigenvalue weighted by Crippen LogP contribution is 2.41. The molecule has 0 atom stereocenters. The highest BCUT2D eigenvalue weighted by molar-refractivity contribution is 6.42. The molecule has 2 aromatic carbocycles. The van der Waals surface area contributed by atoms with Crippen LogP contribution in [0.5, 0.6) is 11.5 Å². The second-order valence-electron chi connectivity index (χ2n) is 4.94. The fourth-order valence-electron chi connectivity index (χ4n) is 2.43. The first kappa shape index (κ1) is 15.7. The van der Waals surface area contributed by atoms with E-state index < -0.39 is 0 Å². The van der Waals surface area contributed by atoms with Gasteiger partial charge in [0.15, 0.2) is 11.5 Å². The topological polar surface area (TPSA) is 47.6 Å². The zero-order chi connectivity index (χ0) is 16.6. The van der Waals surface area contributed by atoms with Crippen LogP contribution in [0.3, 0.4) is 0 Å². The summed E-state index contributed by atoms with van der Waals surface area (Å²) in [6.45, 7) is 0. The molecule has 0 saturated heterocycles. The maximum atomic E-state index is 12.3. The van der Waals surface area contributed by atoms with E-state index in [0.29, 0.717) is 32.8 Å². The fraction of sp³-hybridized carbons (Fsp3) is 0.118. The normalized spacial score (nSPS) is 14.6. The zero-order valence-electron chi connectivity index (χ0n) is 12.4. The van der Waals surface area contributed by atoms with Gasteiger partial charge in [0.2, 0.25) is 0 Å². The van der Waals surface area contributed by atoms with E-state index in [1.165, 1.54) is 0 Å². The molecular formula is C17H13Cl2NO3. The molecule has 118 valence electrons. The third kappa shape index (κ3) is 2.87. The van der Waals surface area contributed by atoms with E-state index in [9.17, 15) is 4.79 Å². The lowest BCUT2D eigenvalue weighted by Crippen LogP contribution is -2.03. The van der Waals surface area contributed by atoms with Crippen LogP contribution in [0, 0.1) is 0 Å². The van der Waals surface area contributed by atoms with E-state index >= 15 is 0 Å². The SMILES string of the molecule is COc1cc2c(cc1OC)C(=Cc1ccc(Cl)c(Cl)c1)C(=O)N2. The van der Waals surface area contributed by atoms with Crippen molar-refractivity contribution in [3.05, 3.63) is 51.5 Å². The minimum absolute atomic E-state index is 0.193. The molecule has 0 unspecified atom stereocenters. The highest BCUT2D eigenvalue weighted by Gasteiger charge is 2.26. The number of hydrogen-bond acceptors (Lipinski definition) is 3. The number of halogens is 2. The molecule has 0 saturated carbocycles. The largest absolute Gasteiger partial charge is 0.493 e. The smallest absolute Gasteiger partial charge is 0.256 e. The Labute approximate surface area is 143 Å². The van der Waals surface area contributed by atoms with Gasteiger partial charge in [-0.15, -0.1) is 0 Å². The molecule has 0 fully saturated rings. The minimum atomic E-state index is -0.193. The van der Waals surface area contributed by atoms with Crippen LogP contribution in [0.15, 0.2) is 30.3 Å². The van der Waals surface area contributed by atoms with Crippen LogP contribution in [-0.2, 0) is 4.79 Å². The van der Waals surface area contributed by atoms with Crippen LogP contribution in [0.1, 0.15) is 11.1 Å². The first-order chi connectivity index (χ1) is 11.0. The van der Waals surface area contributed by atoms with Crippen LogP contribution in [0.2, 0.25) is 10.0 Å². The van der Waals surface area contributed by atoms with Gasteiger partial charge in [-0.1, -0.05) is 29.3 Å². The number of ether oxygens (including phenoxy) is 2. The summed E-state index contributed by atoms with van der Waals surface area (Å²) in [6, 6.07) is 8.71. The Bertz CT molecular complexity index is 831. The van der Waals surface area contributed by atoms with Crippen LogP contribution >= 0.6 is 23.2 Å². The van der Waals surface area contributed by atoms with Gasteiger partial charge in [0, 0.05) is 17.2 Å². The maximum absolute atomic E-state index is 12.3. The van der Waals surface area contributed by atoms with Gasteiger partial charge in [0.25, 0.3) is 5.91 Å². The molecular weight excluding hydrogens is 337 g/mol. The number of methoxy groups -OCH3 is 2. The van der Waals surface area contributed by atoms with E-state index in [-0.39, 0.29) is 5.91 Å². The first-order valence-corrected chi connectivity index (χ1v) is 7.53. The van der Waals surface area contributed by atoms with Gasteiger partial charge >= 0.3 is 0 Å². The van der Waals surface area contributed by atoms with Crippen molar-refractivity contribution in [2.45, 2.75) is 0 Å². The number of carbonyl (C=O) groups excluding carboxylic acids is 1. The highest BCUT2D eigenvalue weighted by atomic mass is 35.5. The van der Waals surface area contributed by atoms with Crippen molar-refractivity contribution >= 4 is 46.4 Å². The Balaban J connectivity index is 2.10. The number of benzene rings is 2. The van der Waals surface area contributed by atoms with Gasteiger partial charge in [-0.05, 0) is 29.8 Å². The summed E-state index contributed by atoms with van der Waals surface area (Å²) in [6.07, 6.45) is 1.76. The lowest BCUT2D eigenvalue weighted by Gasteiger charge is -2.09. The summed E-state index contributed by atoms with van der Waals surface area (Å²) in [5.41, 5.74) is 2.74. The molecule has 23 heavy (non-hydrogen) atoms. The summed E-state index contributed by atoms with van der Waals surface area (Å²) in [5, 5.41) is 3.72. The third-order valence-corrected chi connectivity index (χ3v) is 4.30. The Hall–Kier alpha value is -2.17. The van der Waals surface area contributed by atoms with E-state index in [4.69, 9.17) is 32.7 Å². The molecule has 3 rings (SSSR count). The molecule has 1 aliphatic heterocycles. The summed E-state index contributed by atoms with van der Waals surface area (Å²) >= 11 is 11.9. The van der Waals surface area contributed by atoms with Crippen molar-refractivity contribution < 1.29 is 14.3 Å². The number of nitrogens with one attached hydrogen (secondary N) is 1. The van der Waals surface area contributed by atoms with E-state index in [2.05, 4.69) is 5.32 Å².